The van der Waals surface area contributed by atoms with Gasteiger partial charge in [0.2, 0.25) is 0 Å². The second-order valence-corrected chi connectivity index (χ2v) is 7.59. The van der Waals surface area contributed by atoms with Gasteiger partial charge >= 0.3 is 0 Å². The van der Waals surface area contributed by atoms with E-state index in [4.69, 9.17) is 9.47 Å². The molecular formula is C22H20N4O3S. The Kier molecular flexibility index (Phi) is 5.58. The third-order valence-corrected chi connectivity index (χ3v) is 6.03. The lowest BCUT2D eigenvalue weighted by atomic mass is 10.1. The predicted molar refractivity (Wildman–Crippen MR) is 117 cm³/mol. The van der Waals surface area contributed by atoms with Crippen molar-refractivity contribution in [3.63, 3.8) is 0 Å². The van der Waals surface area contributed by atoms with E-state index >= 15 is 0 Å². The lowest BCUT2D eigenvalue weighted by Crippen LogP contribution is -1.86. The molecule has 7 nitrogen and oxygen atoms in total. The van der Waals surface area contributed by atoms with E-state index in [0.29, 0.717) is 18.1 Å². The van der Waals surface area contributed by atoms with E-state index in [9.17, 15) is 5.11 Å². The Labute approximate surface area is 177 Å². The smallest absolute Gasteiger partial charge is 0.195 e. The molecule has 0 saturated carbocycles. The average molecular weight is 420 g/mol. The summed E-state index contributed by atoms with van der Waals surface area (Å²) in [6, 6.07) is 13.1. The molecule has 30 heavy (non-hydrogen) atoms. The topological polar surface area (TPSA) is 89.2 Å². The number of phenolic OH excluding ortho intramolecular Hbond substituents is 1. The maximum atomic E-state index is 9.90. The highest BCUT2D eigenvalue weighted by Gasteiger charge is 2.15. The summed E-state index contributed by atoms with van der Waals surface area (Å²) in [5.74, 6) is 1.85. The number of hydrogen-bond acceptors (Lipinski definition) is 8. The first-order chi connectivity index (χ1) is 14.6. The summed E-state index contributed by atoms with van der Waals surface area (Å²) in [4.78, 5) is 9.87. The summed E-state index contributed by atoms with van der Waals surface area (Å²) in [7, 11) is 3.16. The van der Waals surface area contributed by atoms with Crippen molar-refractivity contribution in [2.24, 2.45) is 10.2 Å². The largest absolute Gasteiger partial charge is 0.504 e. The molecule has 0 spiro atoms. The molecule has 2 heterocycles. The number of hydrogen-bond donors (Lipinski definition) is 1. The van der Waals surface area contributed by atoms with Crippen molar-refractivity contribution in [2.45, 2.75) is 13.5 Å². The van der Waals surface area contributed by atoms with Gasteiger partial charge in [-0.2, -0.15) is 5.11 Å². The third kappa shape index (κ3) is 3.81. The minimum Gasteiger partial charge on any atom is -0.504 e. The number of aryl methyl sites for hydroxylation is 1. The first-order valence-electron chi connectivity index (χ1n) is 9.22. The molecule has 0 amide bonds. The van der Waals surface area contributed by atoms with E-state index < -0.39 is 0 Å². The van der Waals surface area contributed by atoms with Gasteiger partial charge in [-0.3, -0.25) is 0 Å². The number of methoxy groups -OCH3 is 2. The van der Waals surface area contributed by atoms with Crippen LogP contribution in [0.15, 0.2) is 59.0 Å². The number of aromatic nitrogens is 2. The Morgan fingerprint density at radius 2 is 1.83 bits per heavy atom. The number of rotatable bonds is 6. The molecule has 0 unspecified atom stereocenters. The SMILES string of the molecule is COc1ccc(-c2sc3c(N=NCc4ccc(OC)c(O)c4)ncnc3c2C)cc1. The van der Waals surface area contributed by atoms with Gasteiger partial charge in [-0.15, -0.1) is 16.5 Å². The minimum absolute atomic E-state index is 0.0765. The number of benzene rings is 2. The van der Waals surface area contributed by atoms with Gasteiger partial charge in [0.25, 0.3) is 0 Å². The molecule has 152 valence electrons. The molecule has 0 aliphatic rings. The molecule has 0 aliphatic carbocycles. The lowest BCUT2D eigenvalue weighted by Gasteiger charge is -2.03. The first-order valence-corrected chi connectivity index (χ1v) is 10.0. The molecule has 0 bridgehead atoms. The Morgan fingerprint density at radius 3 is 2.53 bits per heavy atom. The number of azo groups is 1. The summed E-state index contributed by atoms with van der Waals surface area (Å²) >= 11 is 1.59. The van der Waals surface area contributed by atoms with Crippen LogP contribution in [0.2, 0.25) is 0 Å². The summed E-state index contributed by atoms with van der Waals surface area (Å²) in [5.41, 5.74) is 3.87. The summed E-state index contributed by atoms with van der Waals surface area (Å²) in [6.45, 7) is 2.37. The van der Waals surface area contributed by atoms with Crippen molar-refractivity contribution in [1.82, 2.24) is 9.97 Å². The number of fused-ring (bicyclic) bond motifs is 1. The van der Waals surface area contributed by atoms with Crippen molar-refractivity contribution in [3.05, 3.63) is 59.9 Å². The third-order valence-electron chi connectivity index (χ3n) is 4.70. The van der Waals surface area contributed by atoms with Crippen LogP contribution in [0.4, 0.5) is 5.82 Å². The minimum atomic E-state index is 0.0765. The van der Waals surface area contributed by atoms with Gasteiger partial charge in [0.15, 0.2) is 17.3 Å². The maximum Gasteiger partial charge on any atom is 0.195 e. The molecule has 8 heteroatoms. The fourth-order valence-corrected chi connectivity index (χ4v) is 4.31. The van der Waals surface area contributed by atoms with Crippen LogP contribution in [0.1, 0.15) is 11.1 Å². The number of nitrogens with zero attached hydrogens (tertiary/aromatic N) is 4. The number of ether oxygens (including phenoxy) is 2. The highest BCUT2D eigenvalue weighted by Crippen LogP contribution is 2.40. The Morgan fingerprint density at radius 1 is 1.03 bits per heavy atom. The molecular weight excluding hydrogens is 400 g/mol. The molecule has 0 aliphatic heterocycles. The zero-order chi connectivity index (χ0) is 21.1. The quantitative estimate of drug-likeness (QED) is 0.406. The monoisotopic (exact) mass is 420 g/mol. The van der Waals surface area contributed by atoms with Gasteiger partial charge in [0, 0.05) is 4.88 Å². The van der Waals surface area contributed by atoms with E-state index in [1.54, 1.807) is 30.6 Å². The van der Waals surface area contributed by atoms with Gasteiger partial charge in [0.05, 0.1) is 26.3 Å². The zero-order valence-corrected chi connectivity index (χ0v) is 17.6. The molecule has 2 aromatic heterocycles. The Balaban J connectivity index is 1.63. The molecule has 4 aromatic rings. The van der Waals surface area contributed by atoms with Crippen molar-refractivity contribution in [3.8, 4) is 27.7 Å². The highest BCUT2D eigenvalue weighted by molar-refractivity contribution is 7.23. The van der Waals surface area contributed by atoms with Crippen LogP contribution in [0.25, 0.3) is 20.7 Å². The Hall–Kier alpha value is -3.52. The zero-order valence-electron chi connectivity index (χ0n) is 16.8. The van der Waals surface area contributed by atoms with Gasteiger partial charge in [-0.05, 0) is 60.0 Å². The first kappa shape index (κ1) is 19.8. The predicted octanol–water partition coefficient (Wildman–Crippen LogP) is 5.67. The Bertz CT molecular complexity index is 1220. The van der Waals surface area contributed by atoms with Crippen molar-refractivity contribution in [2.75, 3.05) is 14.2 Å². The van der Waals surface area contributed by atoms with Crippen molar-refractivity contribution in [1.29, 1.82) is 0 Å². The molecule has 0 radical (unpaired) electrons. The van der Waals surface area contributed by atoms with Crippen LogP contribution in [-0.2, 0) is 6.54 Å². The van der Waals surface area contributed by atoms with Gasteiger partial charge in [-0.25, -0.2) is 9.97 Å². The summed E-state index contributed by atoms with van der Waals surface area (Å²) in [5, 5.41) is 18.5. The fraction of sp³-hybridized carbons (Fsp3) is 0.182. The standard InChI is InChI=1S/C22H20N4O3S/c1-13-19-21(30-20(13)15-5-7-16(28-2)8-6-15)22(24-12-23-19)26-25-11-14-4-9-18(29-3)17(27)10-14/h4-10,12,27H,11H2,1-3H3. The van der Waals surface area contributed by atoms with Gasteiger partial charge in [-0.1, -0.05) is 6.07 Å². The van der Waals surface area contributed by atoms with Crippen LogP contribution in [0, 0.1) is 6.92 Å². The highest BCUT2D eigenvalue weighted by atomic mass is 32.1. The van der Waals surface area contributed by atoms with E-state index in [1.165, 1.54) is 13.4 Å². The van der Waals surface area contributed by atoms with Crippen molar-refractivity contribution >= 4 is 27.4 Å². The molecule has 1 N–H and O–H groups in total. The molecule has 0 saturated heterocycles. The molecule has 0 atom stereocenters. The maximum absolute atomic E-state index is 9.90. The van der Waals surface area contributed by atoms with Crippen molar-refractivity contribution < 1.29 is 14.6 Å². The number of thiophene rings is 1. The normalized spacial score (nSPS) is 11.3. The van der Waals surface area contributed by atoms with Gasteiger partial charge in [0.1, 0.15) is 16.8 Å². The van der Waals surface area contributed by atoms with E-state index in [2.05, 4.69) is 20.2 Å². The van der Waals surface area contributed by atoms with E-state index in [1.807, 2.05) is 37.3 Å². The average Bonchev–Trinajstić information content (AvgIpc) is 3.11. The van der Waals surface area contributed by atoms with E-state index in [0.717, 1.165) is 37.5 Å². The lowest BCUT2D eigenvalue weighted by molar-refractivity contribution is 0.373. The van der Waals surface area contributed by atoms with Gasteiger partial charge < -0.3 is 14.6 Å². The van der Waals surface area contributed by atoms with E-state index in [-0.39, 0.29) is 5.75 Å². The molecule has 2 aromatic carbocycles. The summed E-state index contributed by atoms with van der Waals surface area (Å²) < 4.78 is 11.2. The number of aromatic hydroxyl groups is 1. The molecule has 0 fully saturated rings. The molecule has 4 rings (SSSR count). The van der Waals surface area contributed by atoms with Crippen LogP contribution in [0.5, 0.6) is 17.2 Å². The second kappa shape index (κ2) is 8.46. The summed E-state index contributed by atoms with van der Waals surface area (Å²) in [6.07, 6.45) is 1.51. The second-order valence-electron chi connectivity index (χ2n) is 6.57. The van der Waals surface area contributed by atoms with Crippen LogP contribution >= 0.6 is 11.3 Å². The fourth-order valence-electron chi connectivity index (χ4n) is 3.12. The van der Waals surface area contributed by atoms with Crippen LogP contribution < -0.4 is 9.47 Å². The number of phenols is 1. The van der Waals surface area contributed by atoms with Crippen LogP contribution in [-0.4, -0.2) is 29.3 Å². The van der Waals surface area contributed by atoms with Crippen LogP contribution in [0.3, 0.4) is 0 Å².